The summed E-state index contributed by atoms with van der Waals surface area (Å²) in [5.41, 5.74) is 0. The van der Waals surface area contributed by atoms with E-state index in [9.17, 15) is 0 Å². The number of hydrogen-bond acceptors (Lipinski definition) is 0. The van der Waals surface area contributed by atoms with Gasteiger partial charge in [-0.15, -0.1) is 0 Å². The summed E-state index contributed by atoms with van der Waals surface area (Å²) in [5.74, 6) is 0. The van der Waals surface area contributed by atoms with Crippen LogP contribution in [0.4, 0.5) is 0 Å². The summed E-state index contributed by atoms with van der Waals surface area (Å²) in [6, 6.07) is 0. The highest BCUT2D eigenvalue weighted by molar-refractivity contribution is 4.75. The number of rotatable bonds is 5. The van der Waals surface area contributed by atoms with Crippen LogP contribution in [0.15, 0.2) is 12.2 Å². The molecule has 0 atom stereocenters. The number of allylic oxidation sites excluding steroid dienone is 2. The monoisotopic (exact) mass is 170 g/mol. The molecule has 0 radical (unpaired) electrons. The Balaban J connectivity index is 0. The quantitative estimate of drug-likeness (QED) is 0.404. The van der Waals surface area contributed by atoms with E-state index in [0.29, 0.717) is 0 Å². The summed E-state index contributed by atoms with van der Waals surface area (Å²) < 4.78 is 0. The minimum Gasteiger partial charge on any atom is -0.0917 e. The molecule has 0 nitrogen and oxygen atoms in total. The third-order valence-corrected chi connectivity index (χ3v) is 1.65. The fourth-order valence-corrected chi connectivity index (χ4v) is 0.833. The third-order valence-electron chi connectivity index (χ3n) is 1.65. The molecule has 0 aromatic heterocycles. The molecule has 0 heteroatoms. The Labute approximate surface area is 79.1 Å². The summed E-state index contributed by atoms with van der Waals surface area (Å²) in [6.07, 6.45) is 12.3. The average Bonchev–Trinajstić information content (AvgIpc) is 2.12. The second kappa shape index (κ2) is 17.0. The zero-order valence-electron chi connectivity index (χ0n) is 9.40. The van der Waals surface area contributed by atoms with Crippen molar-refractivity contribution in [3.8, 4) is 0 Å². The van der Waals surface area contributed by atoms with E-state index >= 15 is 0 Å². The van der Waals surface area contributed by atoms with Crippen LogP contribution in [-0.4, -0.2) is 0 Å². The predicted octanol–water partition coefficient (Wildman–Crippen LogP) is 4.95. The predicted molar refractivity (Wildman–Crippen MR) is 59.5 cm³/mol. The van der Waals surface area contributed by atoms with E-state index in [1.165, 1.54) is 38.5 Å². The minimum atomic E-state index is 1.23. The van der Waals surface area contributed by atoms with E-state index in [4.69, 9.17) is 0 Å². The highest BCUT2D eigenvalue weighted by atomic mass is 13.8. The van der Waals surface area contributed by atoms with Crippen LogP contribution in [0.25, 0.3) is 0 Å². The second-order valence-corrected chi connectivity index (χ2v) is 3.06. The Morgan fingerprint density at radius 2 is 1.33 bits per heavy atom. The van der Waals surface area contributed by atoms with Gasteiger partial charge in [0.25, 0.3) is 0 Å². The van der Waals surface area contributed by atoms with Gasteiger partial charge in [-0.05, 0) is 13.3 Å². The topological polar surface area (TPSA) is 0 Å². The van der Waals surface area contributed by atoms with Crippen molar-refractivity contribution in [1.82, 2.24) is 0 Å². The maximum atomic E-state index is 2.23. The van der Waals surface area contributed by atoms with E-state index in [2.05, 4.69) is 39.8 Å². The van der Waals surface area contributed by atoms with Gasteiger partial charge in [0.2, 0.25) is 0 Å². The van der Waals surface area contributed by atoms with Crippen molar-refractivity contribution in [3.05, 3.63) is 12.2 Å². The van der Waals surface area contributed by atoms with Crippen molar-refractivity contribution >= 4 is 0 Å². The first-order chi connectivity index (χ1) is 5.83. The van der Waals surface area contributed by atoms with Crippen LogP contribution in [0.2, 0.25) is 0 Å². The van der Waals surface area contributed by atoms with Crippen molar-refractivity contribution < 1.29 is 0 Å². The fraction of sp³-hybridized carbons (Fsp3) is 0.833. The molecule has 0 aromatic carbocycles. The minimum absolute atomic E-state index is 1.23. The van der Waals surface area contributed by atoms with Crippen molar-refractivity contribution in [1.29, 1.82) is 0 Å². The Hall–Kier alpha value is -0.260. The molecule has 0 fully saturated rings. The van der Waals surface area contributed by atoms with Gasteiger partial charge in [-0.1, -0.05) is 65.0 Å². The average molecular weight is 170 g/mol. The lowest BCUT2D eigenvalue weighted by Crippen LogP contribution is -1.66. The van der Waals surface area contributed by atoms with E-state index in [0.717, 1.165) is 0 Å². The SMILES string of the molecule is CC=CCCC.CCCCCC. The normalized spacial score (nSPS) is 9.67. The lowest BCUT2D eigenvalue weighted by Gasteiger charge is -1.86. The first-order valence-corrected chi connectivity index (χ1v) is 5.44. The highest BCUT2D eigenvalue weighted by Gasteiger charge is 1.75. The van der Waals surface area contributed by atoms with Gasteiger partial charge < -0.3 is 0 Å². The van der Waals surface area contributed by atoms with Crippen LogP contribution in [-0.2, 0) is 0 Å². The van der Waals surface area contributed by atoms with Crippen molar-refractivity contribution in [2.24, 2.45) is 0 Å². The molecule has 0 aliphatic carbocycles. The zero-order chi connectivity index (χ0) is 9.66. The van der Waals surface area contributed by atoms with Gasteiger partial charge in [-0.25, -0.2) is 0 Å². The van der Waals surface area contributed by atoms with Crippen LogP contribution < -0.4 is 0 Å². The number of hydrogen-bond donors (Lipinski definition) is 0. The molecule has 0 saturated carbocycles. The first kappa shape index (κ1) is 14.3. The van der Waals surface area contributed by atoms with Gasteiger partial charge in [0.1, 0.15) is 0 Å². The summed E-state index contributed by atoms with van der Waals surface area (Å²) in [5, 5.41) is 0. The summed E-state index contributed by atoms with van der Waals surface area (Å²) in [4.78, 5) is 0. The zero-order valence-corrected chi connectivity index (χ0v) is 9.40. The standard InChI is InChI=1S/C6H14.C6H12/c2*1-3-5-6-4-2/h3-6H2,1-2H3;3,5H,4,6H2,1-2H3. The Bertz CT molecular complexity index is 68.1. The van der Waals surface area contributed by atoms with Gasteiger partial charge >= 0.3 is 0 Å². The molecule has 12 heavy (non-hydrogen) atoms. The maximum absolute atomic E-state index is 2.23. The second-order valence-electron chi connectivity index (χ2n) is 3.06. The van der Waals surface area contributed by atoms with E-state index in [1.807, 2.05) is 0 Å². The third kappa shape index (κ3) is 22.6. The molecule has 0 saturated heterocycles. The Morgan fingerprint density at radius 3 is 1.50 bits per heavy atom. The molecule has 0 heterocycles. The van der Waals surface area contributed by atoms with Crippen molar-refractivity contribution in [2.45, 2.75) is 66.2 Å². The van der Waals surface area contributed by atoms with Crippen molar-refractivity contribution in [3.63, 3.8) is 0 Å². The molecule has 0 unspecified atom stereocenters. The van der Waals surface area contributed by atoms with Crippen LogP contribution in [0.5, 0.6) is 0 Å². The Kier molecular flexibility index (Phi) is 20.2. The molecular weight excluding hydrogens is 144 g/mol. The smallest absolute Gasteiger partial charge is 0.0353 e. The van der Waals surface area contributed by atoms with E-state index < -0.39 is 0 Å². The maximum Gasteiger partial charge on any atom is -0.0353 e. The molecule has 0 spiro atoms. The largest absolute Gasteiger partial charge is 0.0917 e. The lowest BCUT2D eigenvalue weighted by molar-refractivity contribution is 0.702. The molecule has 0 aliphatic rings. The van der Waals surface area contributed by atoms with Gasteiger partial charge in [0.05, 0.1) is 0 Å². The van der Waals surface area contributed by atoms with E-state index in [-0.39, 0.29) is 0 Å². The van der Waals surface area contributed by atoms with Crippen LogP contribution in [0, 0.1) is 0 Å². The first-order valence-electron chi connectivity index (χ1n) is 5.44. The molecule has 0 N–H and O–H groups in total. The summed E-state index contributed by atoms with van der Waals surface area (Å²) >= 11 is 0. The molecule has 0 aromatic rings. The number of unbranched alkanes of at least 4 members (excludes halogenated alkanes) is 4. The lowest BCUT2D eigenvalue weighted by atomic mass is 10.2. The van der Waals surface area contributed by atoms with Crippen LogP contribution >= 0.6 is 0 Å². The van der Waals surface area contributed by atoms with E-state index in [1.54, 1.807) is 0 Å². The molecule has 0 rings (SSSR count). The Morgan fingerprint density at radius 1 is 0.833 bits per heavy atom. The van der Waals surface area contributed by atoms with Crippen LogP contribution in [0.1, 0.15) is 66.2 Å². The van der Waals surface area contributed by atoms with Gasteiger partial charge in [0.15, 0.2) is 0 Å². The fourth-order valence-electron chi connectivity index (χ4n) is 0.833. The molecule has 74 valence electrons. The molecule has 0 bridgehead atoms. The summed E-state index contributed by atoms with van der Waals surface area (Å²) in [7, 11) is 0. The summed E-state index contributed by atoms with van der Waals surface area (Å²) in [6.45, 7) is 8.70. The molecule has 0 aliphatic heterocycles. The molecule has 0 amide bonds. The van der Waals surface area contributed by atoms with Crippen LogP contribution in [0.3, 0.4) is 0 Å². The van der Waals surface area contributed by atoms with Gasteiger partial charge in [0, 0.05) is 0 Å². The highest BCUT2D eigenvalue weighted by Crippen LogP contribution is 1.95. The van der Waals surface area contributed by atoms with Crippen molar-refractivity contribution in [2.75, 3.05) is 0 Å². The van der Waals surface area contributed by atoms with Gasteiger partial charge in [-0.2, -0.15) is 0 Å². The molecular formula is C12H26. The van der Waals surface area contributed by atoms with Gasteiger partial charge in [-0.3, -0.25) is 0 Å².